The number of piperidine rings is 1. The van der Waals surface area contributed by atoms with E-state index in [1.807, 2.05) is 0 Å². The maximum Gasteiger partial charge on any atom is 0.104 e. The third kappa shape index (κ3) is 3.70. The highest BCUT2D eigenvalue weighted by Crippen LogP contribution is 2.33. The Kier molecular flexibility index (Phi) is 4.95. The van der Waals surface area contributed by atoms with Crippen molar-refractivity contribution in [1.82, 2.24) is 4.90 Å². The van der Waals surface area contributed by atoms with Crippen LogP contribution in [0.1, 0.15) is 33.1 Å². The van der Waals surface area contributed by atoms with Gasteiger partial charge in [0, 0.05) is 13.1 Å². The minimum Gasteiger partial charge on any atom is -0.303 e. The van der Waals surface area contributed by atoms with Crippen LogP contribution in [0.5, 0.6) is 0 Å². The Morgan fingerprint density at radius 2 is 2.00 bits per heavy atom. The highest BCUT2D eigenvalue weighted by Gasteiger charge is 2.33. The van der Waals surface area contributed by atoms with Crippen LogP contribution >= 0.6 is 11.8 Å². The lowest BCUT2D eigenvalue weighted by Crippen LogP contribution is -2.42. The molecule has 1 heterocycles. The maximum absolute atomic E-state index is 9.16. The van der Waals surface area contributed by atoms with E-state index < -0.39 is 0 Å². The Morgan fingerprint density at radius 1 is 1.40 bits per heavy atom. The van der Waals surface area contributed by atoms with Crippen molar-refractivity contribution in [1.29, 1.82) is 5.26 Å². The number of likely N-dealkylation sites (tertiary alicyclic amines) is 1. The monoisotopic (exact) mass is 226 g/mol. The molecule has 0 radical (unpaired) electrons. The van der Waals surface area contributed by atoms with Crippen LogP contribution < -0.4 is 0 Å². The average Bonchev–Trinajstić information content (AvgIpc) is 2.27. The zero-order chi connectivity index (χ0) is 11.3. The molecule has 15 heavy (non-hydrogen) atoms. The van der Waals surface area contributed by atoms with Crippen LogP contribution in [0.25, 0.3) is 0 Å². The molecule has 1 rings (SSSR count). The predicted molar refractivity (Wildman–Crippen MR) is 67.0 cm³/mol. The molecule has 1 aliphatic rings. The van der Waals surface area contributed by atoms with E-state index >= 15 is 0 Å². The minimum atomic E-state index is -0.0890. The molecule has 0 aromatic carbocycles. The highest BCUT2D eigenvalue weighted by molar-refractivity contribution is 8.00. The van der Waals surface area contributed by atoms with E-state index in [1.54, 1.807) is 11.8 Å². The molecule has 0 saturated carbocycles. The summed E-state index contributed by atoms with van der Waals surface area (Å²) >= 11 is 1.73. The summed E-state index contributed by atoms with van der Waals surface area (Å²) in [6, 6.07) is 2.49. The molecule has 0 amide bonds. The van der Waals surface area contributed by atoms with Gasteiger partial charge in [0.2, 0.25) is 0 Å². The standard InChI is InChI=1S/C12H22N2S/c1-11(2)4-7-14-8-5-12(10-13,15-3)6-9-14/h11H,4-9H2,1-3H3. The van der Waals surface area contributed by atoms with Crippen molar-refractivity contribution < 1.29 is 0 Å². The highest BCUT2D eigenvalue weighted by atomic mass is 32.2. The molecular weight excluding hydrogens is 204 g/mol. The van der Waals surface area contributed by atoms with Crippen molar-refractivity contribution in [3.05, 3.63) is 0 Å². The first-order chi connectivity index (χ1) is 7.12. The zero-order valence-corrected chi connectivity index (χ0v) is 10.9. The fourth-order valence-corrected chi connectivity index (χ4v) is 2.62. The molecule has 1 fully saturated rings. The van der Waals surface area contributed by atoms with Gasteiger partial charge in [-0.1, -0.05) is 13.8 Å². The second kappa shape index (κ2) is 5.77. The van der Waals surface area contributed by atoms with Gasteiger partial charge in [-0.2, -0.15) is 5.26 Å². The summed E-state index contributed by atoms with van der Waals surface area (Å²) < 4.78 is -0.0890. The smallest absolute Gasteiger partial charge is 0.104 e. The van der Waals surface area contributed by atoms with Gasteiger partial charge >= 0.3 is 0 Å². The van der Waals surface area contributed by atoms with Gasteiger partial charge in [0.25, 0.3) is 0 Å². The first-order valence-corrected chi connectivity index (χ1v) is 7.03. The van der Waals surface area contributed by atoms with Crippen LogP contribution in [-0.4, -0.2) is 35.5 Å². The van der Waals surface area contributed by atoms with Gasteiger partial charge in [0.05, 0.1) is 6.07 Å². The van der Waals surface area contributed by atoms with Gasteiger partial charge in [0.15, 0.2) is 0 Å². The van der Waals surface area contributed by atoms with Crippen molar-refractivity contribution in [2.24, 2.45) is 5.92 Å². The zero-order valence-electron chi connectivity index (χ0n) is 10.1. The van der Waals surface area contributed by atoms with Gasteiger partial charge in [0.1, 0.15) is 4.75 Å². The SMILES string of the molecule is CSC1(C#N)CCN(CCC(C)C)CC1. The topological polar surface area (TPSA) is 27.0 Å². The van der Waals surface area contributed by atoms with E-state index in [0.717, 1.165) is 31.8 Å². The van der Waals surface area contributed by atoms with Gasteiger partial charge in [-0.3, -0.25) is 0 Å². The molecular formula is C12H22N2S. The molecule has 0 unspecified atom stereocenters. The molecule has 1 aliphatic heterocycles. The number of hydrogen-bond acceptors (Lipinski definition) is 3. The van der Waals surface area contributed by atoms with Gasteiger partial charge in [-0.25, -0.2) is 0 Å². The van der Waals surface area contributed by atoms with Crippen LogP contribution in [0, 0.1) is 17.2 Å². The summed E-state index contributed by atoms with van der Waals surface area (Å²) in [7, 11) is 0. The van der Waals surface area contributed by atoms with Crippen molar-refractivity contribution >= 4 is 11.8 Å². The van der Waals surface area contributed by atoms with Crippen LogP contribution in [0.15, 0.2) is 0 Å². The third-order valence-corrected chi connectivity index (χ3v) is 4.56. The Bertz CT molecular complexity index is 224. The van der Waals surface area contributed by atoms with Crippen LogP contribution in [0.4, 0.5) is 0 Å². The van der Waals surface area contributed by atoms with Crippen LogP contribution in [-0.2, 0) is 0 Å². The number of rotatable bonds is 4. The van der Waals surface area contributed by atoms with E-state index in [9.17, 15) is 0 Å². The van der Waals surface area contributed by atoms with Crippen LogP contribution in [0.2, 0.25) is 0 Å². The van der Waals surface area contributed by atoms with Crippen molar-refractivity contribution in [3.63, 3.8) is 0 Å². The van der Waals surface area contributed by atoms with Crippen molar-refractivity contribution in [2.75, 3.05) is 25.9 Å². The largest absolute Gasteiger partial charge is 0.303 e. The second-order valence-corrected chi connectivity index (χ2v) is 6.02. The Hall–Kier alpha value is -0.200. The van der Waals surface area contributed by atoms with E-state index in [1.165, 1.54) is 13.0 Å². The molecule has 86 valence electrons. The summed E-state index contributed by atoms with van der Waals surface area (Å²) in [4.78, 5) is 2.51. The molecule has 0 bridgehead atoms. The predicted octanol–water partition coefficient (Wildman–Crippen LogP) is 2.75. The Labute approximate surface area is 98.0 Å². The lowest BCUT2D eigenvalue weighted by Gasteiger charge is -2.36. The van der Waals surface area contributed by atoms with Crippen molar-refractivity contribution in [2.45, 2.75) is 37.9 Å². The van der Waals surface area contributed by atoms with E-state index in [-0.39, 0.29) is 4.75 Å². The number of thioether (sulfide) groups is 1. The summed E-state index contributed by atoms with van der Waals surface area (Å²) in [6.07, 6.45) is 5.40. The van der Waals surface area contributed by atoms with Crippen LogP contribution in [0.3, 0.4) is 0 Å². The third-order valence-electron chi connectivity index (χ3n) is 3.28. The minimum absolute atomic E-state index is 0.0890. The molecule has 0 spiro atoms. The molecule has 3 heteroatoms. The summed E-state index contributed by atoms with van der Waals surface area (Å²) in [5, 5.41) is 9.16. The van der Waals surface area contributed by atoms with Gasteiger partial charge in [-0.05, 0) is 38.0 Å². The molecule has 0 aliphatic carbocycles. The summed E-state index contributed by atoms with van der Waals surface area (Å²) in [5.74, 6) is 0.785. The molecule has 2 nitrogen and oxygen atoms in total. The molecule has 0 aromatic rings. The van der Waals surface area contributed by atoms with Crippen molar-refractivity contribution in [3.8, 4) is 6.07 Å². The number of hydrogen-bond donors (Lipinski definition) is 0. The molecule has 0 atom stereocenters. The second-order valence-electron chi connectivity index (χ2n) is 4.83. The normalized spacial score (nSPS) is 21.5. The first-order valence-electron chi connectivity index (χ1n) is 5.80. The number of nitrogens with zero attached hydrogens (tertiary/aromatic N) is 2. The van der Waals surface area contributed by atoms with Gasteiger partial charge in [-0.15, -0.1) is 11.8 Å². The molecule has 1 saturated heterocycles. The Balaban J connectivity index is 2.33. The summed E-state index contributed by atoms with van der Waals surface area (Å²) in [6.45, 7) is 7.94. The lowest BCUT2D eigenvalue weighted by molar-refractivity contribution is 0.206. The summed E-state index contributed by atoms with van der Waals surface area (Å²) in [5.41, 5.74) is 0. The van der Waals surface area contributed by atoms with E-state index in [0.29, 0.717) is 0 Å². The van der Waals surface area contributed by atoms with E-state index in [2.05, 4.69) is 31.1 Å². The molecule has 0 aromatic heterocycles. The molecule has 0 N–H and O–H groups in total. The lowest BCUT2D eigenvalue weighted by atomic mass is 9.97. The average molecular weight is 226 g/mol. The fraction of sp³-hybridized carbons (Fsp3) is 0.917. The Morgan fingerprint density at radius 3 is 2.40 bits per heavy atom. The number of nitriles is 1. The fourth-order valence-electron chi connectivity index (χ4n) is 1.94. The van der Waals surface area contributed by atoms with E-state index in [4.69, 9.17) is 5.26 Å². The van der Waals surface area contributed by atoms with Gasteiger partial charge < -0.3 is 4.90 Å². The first kappa shape index (κ1) is 12.9. The quantitative estimate of drug-likeness (QED) is 0.737. The maximum atomic E-state index is 9.16.